The van der Waals surface area contributed by atoms with Crippen LogP contribution in [-0.4, -0.2) is 38.7 Å². The third-order valence-corrected chi connectivity index (χ3v) is 3.49. The first kappa shape index (κ1) is 17.7. The summed E-state index contributed by atoms with van der Waals surface area (Å²) >= 11 is 0. The van der Waals surface area contributed by atoms with Gasteiger partial charge in [-0.1, -0.05) is 17.2 Å². The van der Waals surface area contributed by atoms with Crippen LogP contribution < -0.4 is 14.8 Å². The van der Waals surface area contributed by atoms with Gasteiger partial charge < -0.3 is 9.47 Å². The molecule has 0 saturated heterocycles. The molecule has 0 aliphatic rings. The van der Waals surface area contributed by atoms with Crippen LogP contribution in [0.5, 0.6) is 11.5 Å². The monoisotopic (exact) mass is 355 g/mol. The molecule has 0 radical (unpaired) electrons. The number of fused-ring (bicyclic) bond motifs is 1. The maximum atomic E-state index is 12.7. The van der Waals surface area contributed by atoms with E-state index in [1.165, 1.54) is 0 Å². The van der Waals surface area contributed by atoms with E-state index in [2.05, 4.69) is 25.9 Å². The largest absolute Gasteiger partial charge is 0.491 e. The molecule has 2 aromatic carbocycles. The maximum Gasteiger partial charge on any atom is 0.261 e. The third kappa shape index (κ3) is 3.90. The van der Waals surface area contributed by atoms with E-state index < -0.39 is 0 Å². The normalized spacial score (nSPS) is 11.2. The summed E-state index contributed by atoms with van der Waals surface area (Å²) in [4.78, 5) is 12.7. The van der Waals surface area contributed by atoms with E-state index in [0.717, 1.165) is 16.5 Å². The predicted octanol–water partition coefficient (Wildman–Crippen LogP) is 3.18. The highest BCUT2D eigenvalue weighted by Gasteiger charge is 2.19. The van der Waals surface area contributed by atoms with Crippen molar-refractivity contribution < 1.29 is 14.3 Å². The van der Waals surface area contributed by atoms with Crippen LogP contribution in [0.1, 0.15) is 38.1 Å². The first-order valence-electron chi connectivity index (χ1n) is 8.39. The molecule has 3 rings (SSSR count). The number of nitrogens with one attached hydrogen (secondary N) is 2. The Labute approximate surface area is 150 Å². The first-order chi connectivity index (χ1) is 12.4. The number of carbonyl (C=O) groups is 1. The zero-order valence-corrected chi connectivity index (χ0v) is 15.1. The van der Waals surface area contributed by atoms with Crippen LogP contribution in [0.15, 0.2) is 30.3 Å². The van der Waals surface area contributed by atoms with Crippen LogP contribution in [0, 0.1) is 0 Å². The van der Waals surface area contributed by atoms with E-state index in [-0.39, 0.29) is 24.1 Å². The van der Waals surface area contributed by atoms with Crippen LogP contribution in [0.3, 0.4) is 0 Å². The second kappa shape index (κ2) is 7.38. The van der Waals surface area contributed by atoms with Gasteiger partial charge in [-0.15, -0.1) is 0 Å². The third-order valence-electron chi connectivity index (χ3n) is 3.49. The van der Waals surface area contributed by atoms with Crippen molar-refractivity contribution in [1.29, 1.82) is 0 Å². The molecule has 26 heavy (non-hydrogen) atoms. The van der Waals surface area contributed by atoms with Gasteiger partial charge in [0.15, 0.2) is 0 Å². The molecule has 1 heterocycles. The smallest absolute Gasteiger partial charge is 0.261 e. The van der Waals surface area contributed by atoms with E-state index in [1.807, 2.05) is 52.0 Å². The standard InChI is InChI=1S/C18H21N5O3/c1-10(2)25-13-7-5-12-6-8-14(16(15(12)9-13)26-11(3)4)17(24)19-18-20-22-23-21-18/h5-11H,1-4H3,(H2,19,20,21,22,23,24). The van der Waals surface area contributed by atoms with Gasteiger partial charge in [-0.3, -0.25) is 10.1 Å². The number of nitrogens with zero attached hydrogens (tertiary/aromatic N) is 3. The van der Waals surface area contributed by atoms with E-state index in [9.17, 15) is 4.79 Å². The summed E-state index contributed by atoms with van der Waals surface area (Å²) in [6, 6.07) is 9.33. The second-order valence-electron chi connectivity index (χ2n) is 6.36. The van der Waals surface area contributed by atoms with E-state index in [4.69, 9.17) is 9.47 Å². The van der Waals surface area contributed by atoms with Gasteiger partial charge in [-0.05, 0) is 61.7 Å². The van der Waals surface area contributed by atoms with Crippen molar-refractivity contribution in [2.45, 2.75) is 39.9 Å². The fourth-order valence-electron chi connectivity index (χ4n) is 2.55. The second-order valence-corrected chi connectivity index (χ2v) is 6.36. The summed E-state index contributed by atoms with van der Waals surface area (Å²) in [6.45, 7) is 7.75. The van der Waals surface area contributed by atoms with Crippen molar-refractivity contribution in [2.75, 3.05) is 5.32 Å². The van der Waals surface area contributed by atoms with Crippen molar-refractivity contribution in [3.63, 3.8) is 0 Å². The summed E-state index contributed by atoms with van der Waals surface area (Å²) in [5.74, 6) is 1.02. The van der Waals surface area contributed by atoms with Gasteiger partial charge >= 0.3 is 0 Å². The molecular formula is C18H21N5O3. The Hall–Kier alpha value is -3.16. The molecule has 1 aromatic heterocycles. The topological polar surface area (TPSA) is 102 Å². The Morgan fingerprint density at radius 1 is 1.08 bits per heavy atom. The number of amides is 1. The van der Waals surface area contributed by atoms with Crippen LogP contribution >= 0.6 is 0 Å². The van der Waals surface area contributed by atoms with Gasteiger partial charge in [0.1, 0.15) is 11.5 Å². The number of rotatable bonds is 6. The summed E-state index contributed by atoms with van der Waals surface area (Å²) in [6.07, 6.45) is -0.0545. The Morgan fingerprint density at radius 3 is 2.46 bits per heavy atom. The van der Waals surface area contributed by atoms with Crippen LogP contribution in [0.25, 0.3) is 10.8 Å². The molecule has 0 atom stereocenters. The number of benzene rings is 2. The SMILES string of the molecule is CC(C)Oc1ccc2ccc(C(=O)Nc3nnn[nH]3)c(OC(C)C)c2c1. The van der Waals surface area contributed by atoms with Gasteiger partial charge in [-0.2, -0.15) is 0 Å². The minimum Gasteiger partial charge on any atom is -0.491 e. The molecule has 0 aliphatic carbocycles. The Balaban J connectivity index is 2.07. The van der Waals surface area contributed by atoms with Gasteiger partial charge in [0.25, 0.3) is 5.91 Å². The van der Waals surface area contributed by atoms with Crippen LogP contribution in [0.4, 0.5) is 5.95 Å². The number of carbonyl (C=O) groups excluding carboxylic acids is 1. The van der Waals surface area contributed by atoms with Gasteiger partial charge in [0.2, 0.25) is 5.95 Å². The van der Waals surface area contributed by atoms with E-state index in [1.54, 1.807) is 6.07 Å². The summed E-state index contributed by atoms with van der Waals surface area (Å²) < 4.78 is 11.8. The average Bonchev–Trinajstić information content (AvgIpc) is 3.07. The number of anilines is 1. The number of hydrogen-bond acceptors (Lipinski definition) is 6. The molecule has 8 heteroatoms. The quantitative estimate of drug-likeness (QED) is 0.704. The Kier molecular flexibility index (Phi) is 5.01. The van der Waals surface area contributed by atoms with Crippen molar-refractivity contribution in [3.8, 4) is 11.5 Å². The van der Waals surface area contributed by atoms with Crippen molar-refractivity contribution >= 4 is 22.6 Å². The molecular weight excluding hydrogens is 334 g/mol. The van der Waals surface area contributed by atoms with Crippen molar-refractivity contribution in [3.05, 3.63) is 35.9 Å². The fraction of sp³-hybridized carbons (Fsp3) is 0.333. The first-order valence-corrected chi connectivity index (χ1v) is 8.39. The molecule has 0 saturated carbocycles. The maximum absolute atomic E-state index is 12.7. The fourth-order valence-corrected chi connectivity index (χ4v) is 2.55. The Morgan fingerprint density at radius 2 is 1.81 bits per heavy atom. The lowest BCUT2D eigenvalue weighted by atomic mass is 10.0. The molecule has 8 nitrogen and oxygen atoms in total. The minimum absolute atomic E-state index is 0.0485. The molecule has 1 amide bonds. The highest BCUT2D eigenvalue weighted by Crippen LogP contribution is 2.34. The number of aromatic nitrogens is 4. The molecule has 0 unspecified atom stereocenters. The molecule has 0 fully saturated rings. The van der Waals surface area contributed by atoms with Crippen LogP contribution in [0.2, 0.25) is 0 Å². The van der Waals surface area contributed by atoms with E-state index >= 15 is 0 Å². The highest BCUT2D eigenvalue weighted by atomic mass is 16.5. The molecule has 3 aromatic rings. The van der Waals surface area contributed by atoms with Crippen molar-refractivity contribution in [1.82, 2.24) is 20.6 Å². The lowest BCUT2D eigenvalue weighted by Gasteiger charge is -2.17. The van der Waals surface area contributed by atoms with Crippen LogP contribution in [-0.2, 0) is 0 Å². The highest BCUT2D eigenvalue weighted by molar-refractivity contribution is 6.09. The van der Waals surface area contributed by atoms with Crippen molar-refractivity contribution in [2.24, 2.45) is 0 Å². The average molecular weight is 355 g/mol. The van der Waals surface area contributed by atoms with Gasteiger partial charge in [0, 0.05) is 5.39 Å². The molecule has 0 bridgehead atoms. The summed E-state index contributed by atoms with van der Waals surface area (Å²) in [5.41, 5.74) is 0.393. The molecule has 2 N–H and O–H groups in total. The number of hydrogen-bond donors (Lipinski definition) is 2. The lowest BCUT2D eigenvalue weighted by molar-refractivity contribution is 0.102. The summed E-state index contributed by atoms with van der Waals surface area (Å²) in [5, 5.41) is 17.4. The number of tetrazole rings is 1. The molecule has 0 aliphatic heterocycles. The van der Waals surface area contributed by atoms with Gasteiger partial charge in [0.05, 0.1) is 17.8 Å². The van der Waals surface area contributed by atoms with Gasteiger partial charge in [-0.25, -0.2) is 5.10 Å². The zero-order chi connectivity index (χ0) is 18.7. The Bertz CT molecular complexity index is 907. The zero-order valence-electron chi connectivity index (χ0n) is 15.1. The number of ether oxygens (including phenoxy) is 2. The van der Waals surface area contributed by atoms with E-state index in [0.29, 0.717) is 11.3 Å². The summed E-state index contributed by atoms with van der Waals surface area (Å²) in [7, 11) is 0. The minimum atomic E-state index is -0.365. The molecule has 0 spiro atoms. The molecule has 136 valence electrons. The predicted molar refractivity (Wildman–Crippen MR) is 97.6 cm³/mol. The number of H-pyrrole nitrogens is 1. The number of aromatic amines is 1. The lowest BCUT2D eigenvalue weighted by Crippen LogP contribution is -2.17.